The fraction of sp³-hybridized carbons (Fsp3) is 0.259. The minimum atomic E-state index is -4.18. The molecule has 0 aliphatic carbocycles. The summed E-state index contributed by atoms with van der Waals surface area (Å²) in [7, 11) is -4.18. The molecule has 0 bridgehead atoms. The van der Waals surface area contributed by atoms with Crippen LogP contribution in [0, 0.1) is 6.92 Å². The lowest BCUT2D eigenvalue weighted by atomic mass is 10.1. The molecular weight excluding hydrogens is 533 g/mol. The molecule has 10 heteroatoms. The van der Waals surface area contributed by atoms with Crippen molar-refractivity contribution in [1.29, 1.82) is 0 Å². The Morgan fingerprint density at radius 2 is 1.62 bits per heavy atom. The van der Waals surface area contributed by atoms with Crippen molar-refractivity contribution in [3.8, 4) is 0 Å². The second kappa shape index (κ2) is 12.4. The molecule has 2 amide bonds. The highest BCUT2D eigenvalue weighted by Gasteiger charge is 2.32. The third kappa shape index (κ3) is 7.25. The number of halogens is 2. The molecule has 1 atom stereocenters. The van der Waals surface area contributed by atoms with Gasteiger partial charge in [0.25, 0.3) is 10.0 Å². The molecule has 1 unspecified atom stereocenters. The van der Waals surface area contributed by atoms with Gasteiger partial charge in [0.05, 0.1) is 10.6 Å². The number of carbonyl (C=O) groups excluding carboxylic acids is 2. The number of nitrogens with zero attached hydrogens (tertiary/aromatic N) is 2. The Morgan fingerprint density at radius 3 is 2.24 bits per heavy atom. The van der Waals surface area contributed by atoms with Gasteiger partial charge in [-0.1, -0.05) is 59.1 Å². The van der Waals surface area contributed by atoms with E-state index in [0.29, 0.717) is 16.6 Å². The number of amides is 2. The zero-order valence-electron chi connectivity index (χ0n) is 20.8. The lowest BCUT2D eigenvalue weighted by Crippen LogP contribution is -2.51. The molecule has 37 heavy (non-hydrogen) atoms. The third-order valence-corrected chi connectivity index (χ3v) is 8.01. The summed E-state index contributed by atoms with van der Waals surface area (Å²) in [5, 5.41) is 3.43. The summed E-state index contributed by atoms with van der Waals surface area (Å²) in [6, 6.07) is 18.7. The number of sulfonamides is 1. The van der Waals surface area contributed by atoms with Gasteiger partial charge in [-0.3, -0.25) is 13.9 Å². The lowest BCUT2D eigenvalue weighted by Gasteiger charge is -2.32. The third-order valence-electron chi connectivity index (χ3n) is 5.73. The minimum absolute atomic E-state index is 0.0355. The maximum atomic E-state index is 13.8. The molecule has 196 valence electrons. The van der Waals surface area contributed by atoms with Gasteiger partial charge in [-0.05, 0) is 68.8 Å². The van der Waals surface area contributed by atoms with E-state index in [1.807, 2.05) is 31.2 Å². The maximum Gasteiger partial charge on any atom is 0.264 e. The van der Waals surface area contributed by atoms with Crippen molar-refractivity contribution in [1.82, 2.24) is 10.2 Å². The molecule has 0 saturated carbocycles. The van der Waals surface area contributed by atoms with Crippen LogP contribution in [0.3, 0.4) is 0 Å². The Balaban J connectivity index is 2.03. The quantitative estimate of drug-likeness (QED) is 0.375. The van der Waals surface area contributed by atoms with Crippen LogP contribution in [-0.4, -0.2) is 44.3 Å². The van der Waals surface area contributed by atoms with E-state index in [0.717, 1.165) is 15.4 Å². The molecule has 3 aromatic rings. The Labute approximate surface area is 228 Å². The van der Waals surface area contributed by atoms with Crippen LogP contribution >= 0.6 is 23.2 Å². The largest absolute Gasteiger partial charge is 0.355 e. The minimum Gasteiger partial charge on any atom is -0.355 e. The van der Waals surface area contributed by atoms with Crippen LogP contribution in [0.1, 0.15) is 25.0 Å². The summed E-state index contributed by atoms with van der Waals surface area (Å²) in [5.74, 6) is -0.879. The van der Waals surface area contributed by atoms with Gasteiger partial charge >= 0.3 is 0 Å². The molecule has 0 radical (unpaired) electrons. The van der Waals surface area contributed by atoms with E-state index < -0.39 is 28.5 Å². The van der Waals surface area contributed by atoms with Crippen LogP contribution in [-0.2, 0) is 26.2 Å². The van der Waals surface area contributed by atoms with E-state index in [1.165, 1.54) is 35.2 Å². The maximum absolute atomic E-state index is 13.8. The Kier molecular flexibility index (Phi) is 9.59. The molecule has 0 aromatic heterocycles. The highest BCUT2D eigenvalue weighted by molar-refractivity contribution is 7.92. The summed E-state index contributed by atoms with van der Waals surface area (Å²) < 4.78 is 28.4. The molecule has 0 spiro atoms. The predicted octanol–water partition coefficient (Wildman–Crippen LogP) is 5.05. The second-order valence-electron chi connectivity index (χ2n) is 8.53. The van der Waals surface area contributed by atoms with Crippen molar-refractivity contribution in [2.75, 3.05) is 17.4 Å². The highest BCUT2D eigenvalue weighted by Crippen LogP contribution is 2.27. The molecular formula is C27H29Cl2N3O4S. The fourth-order valence-electron chi connectivity index (χ4n) is 3.81. The number of nitrogens with one attached hydrogen (secondary N) is 1. The van der Waals surface area contributed by atoms with Crippen LogP contribution < -0.4 is 9.62 Å². The highest BCUT2D eigenvalue weighted by atomic mass is 35.5. The predicted molar refractivity (Wildman–Crippen MR) is 147 cm³/mol. The number of anilines is 1. The normalized spacial score (nSPS) is 12.0. The van der Waals surface area contributed by atoms with E-state index in [9.17, 15) is 18.0 Å². The molecule has 0 aliphatic rings. The van der Waals surface area contributed by atoms with Crippen molar-refractivity contribution < 1.29 is 18.0 Å². The van der Waals surface area contributed by atoms with Crippen LogP contribution in [0.2, 0.25) is 10.0 Å². The molecule has 0 aliphatic heterocycles. The molecule has 0 saturated heterocycles. The van der Waals surface area contributed by atoms with Crippen molar-refractivity contribution >= 4 is 50.7 Å². The lowest BCUT2D eigenvalue weighted by molar-refractivity contribution is -0.139. The molecule has 1 N–H and O–H groups in total. The Bertz CT molecular complexity index is 1360. The number of hydrogen-bond acceptors (Lipinski definition) is 4. The number of hydrogen-bond donors (Lipinski definition) is 1. The number of likely N-dealkylation sites (N-methyl/N-ethyl adjacent to an activating group) is 1. The van der Waals surface area contributed by atoms with Crippen LogP contribution in [0.15, 0.2) is 77.7 Å². The standard InChI is InChI=1S/C27H29Cl2N3O4S/c1-4-30-27(34)20(3)31(17-21-8-5-7-19(2)15-21)26(33)18-32(24-10-6-9-23(29)16-24)37(35,36)25-13-11-22(28)12-14-25/h5-16,20H,4,17-18H2,1-3H3,(H,30,34). The monoisotopic (exact) mass is 561 g/mol. The van der Waals surface area contributed by atoms with E-state index in [4.69, 9.17) is 23.2 Å². The number of carbonyl (C=O) groups is 2. The number of benzene rings is 3. The van der Waals surface area contributed by atoms with Crippen molar-refractivity contribution in [2.45, 2.75) is 38.3 Å². The fourth-order valence-corrected chi connectivity index (χ4v) is 5.52. The summed E-state index contributed by atoms with van der Waals surface area (Å²) in [6.45, 7) is 5.33. The van der Waals surface area contributed by atoms with Gasteiger partial charge in [0.1, 0.15) is 12.6 Å². The van der Waals surface area contributed by atoms with Gasteiger partial charge < -0.3 is 10.2 Å². The number of rotatable bonds is 10. The first-order chi connectivity index (χ1) is 17.5. The smallest absolute Gasteiger partial charge is 0.264 e. The van der Waals surface area contributed by atoms with Crippen LogP contribution in [0.4, 0.5) is 5.69 Å². The molecule has 3 aromatic carbocycles. The molecule has 0 fully saturated rings. The summed E-state index contributed by atoms with van der Waals surface area (Å²) >= 11 is 12.1. The van der Waals surface area contributed by atoms with Crippen molar-refractivity contribution in [3.63, 3.8) is 0 Å². The topological polar surface area (TPSA) is 86.8 Å². The van der Waals surface area contributed by atoms with Gasteiger partial charge in [0, 0.05) is 23.1 Å². The van der Waals surface area contributed by atoms with Crippen molar-refractivity contribution in [3.05, 3.63) is 94.0 Å². The van der Waals surface area contributed by atoms with Crippen LogP contribution in [0.25, 0.3) is 0 Å². The van der Waals surface area contributed by atoms with Crippen LogP contribution in [0.5, 0.6) is 0 Å². The zero-order chi connectivity index (χ0) is 27.2. The number of aryl methyl sites for hydroxylation is 1. The average molecular weight is 563 g/mol. The molecule has 0 heterocycles. The average Bonchev–Trinajstić information content (AvgIpc) is 2.85. The first-order valence-electron chi connectivity index (χ1n) is 11.7. The van der Waals surface area contributed by atoms with E-state index >= 15 is 0 Å². The first-order valence-corrected chi connectivity index (χ1v) is 13.9. The van der Waals surface area contributed by atoms with E-state index in [1.54, 1.807) is 32.0 Å². The second-order valence-corrected chi connectivity index (χ2v) is 11.3. The first kappa shape index (κ1) is 28.5. The van der Waals surface area contributed by atoms with Gasteiger partial charge in [-0.2, -0.15) is 0 Å². The van der Waals surface area contributed by atoms with Gasteiger partial charge in [0.15, 0.2) is 0 Å². The van der Waals surface area contributed by atoms with Gasteiger partial charge in [0.2, 0.25) is 11.8 Å². The SMILES string of the molecule is CCNC(=O)C(C)N(Cc1cccc(C)c1)C(=O)CN(c1cccc(Cl)c1)S(=O)(=O)c1ccc(Cl)cc1. The van der Waals surface area contributed by atoms with Gasteiger partial charge in [-0.15, -0.1) is 0 Å². The molecule has 7 nitrogen and oxygen atoms in total. The van der Waals surface area contributed by atoms with Gasteiger partial charge in [-0.25, -0.2) is 8.42 Å². The van der Waals surface area contributed by atoms with E-state index in [2.05, 4.69) is 5.32 Å². The zero-order valence-corrected chi connectivity index (χ0v) is 23.1. The summed E-state index contributed by atoms with van der Waals surface area (Å²) in [4.78, 5) is 27.8. The molecule has 3 rings (SSSR count). The van der Waals surface area contributed by atoms with E-state index in [-0.39, 0.29) is 23.0 Å². The van der Waals surface area contributed by atoms with Crippen molar-refractivity contribution in [2.24, 2.45) is 0 Å². The Hall–Kier alpha value is -3.07. The summed E-state index contributed by atoms with van der Waals surface area (Å²) in [5.41, 5.74) is 2.04. The Morgan fingerprint density at radius 1 is 0.946 bits per heavy atom. The summed E-state index contributed by atoms with van der Waals surface area (Å²) in [6.07, 6.45) is 0.